The van der Waals surface area contributed by atoms with Crippen LogP contribution < -0.4 is 4.74 Å². The van der Waals surface area contributed by atoms with Gasteiger partial charge in [0.1, 0.15) is 6.61 Å². The summed E-state index contributed by atoms with van der Waals surface area (Å²) in [6.45, 7) is -0.306. The van der Waals surface area contributed by atoms with Gasteiger partial charge in [0.2, 0.25) is 0 Å². The Morgan fingerprint density at radius 1 is 0.806 bits per heavy atom. The lowest BCUT2D eigenvalue weighted by Crippen LogP contribution is -2.11. The molecule has 3 rings (SSSR count). The highest BCUT2D eigenvalue weighted by molar-refractivity contribution is 6.30. The fraction of sp³-hybridized carbons (Fsp3) is 0.143. The van der Waals surface area contributed by atoms with E-state index in [0.29, 0.717) is 16.1 Å². The topological polar surface area (TPSA) is 35.0 Å². The molecule has 0 radical (unpaired) electrons. The van der Waals surface area contributed by atoms with Crippen molar-refractivity contribution in [2.75, 3.05) is 0 Å². The van der Waals surface area contributed by atoms with Crippen LogP contribution in [0, 0.1) is 0 Å². The van der Waals surface area contributed by atoms with Crippen LogP contribution in [0.3, 0.4) is 0 Å². The number of aromatic nitrogens is 2. The third-order valence-electron chi connectivity index (χ3n) is 3.98. The highest BCUT2D eigenvalue weighted by atomic mass is 35.5. The molecule has 0 aliphatic carbocycles. The van der Waals surface area contributed by atoms with Crippen LogP contribution in [0.4, 0.5) is 26.3 Å². The van der Waals surface area contributed by atoms with Gasteiger partial charge in [-0.2, -0.15) is 36.3 Å². The first-order valence-corrected chi connectivity index (χ1v) is 9.07. The Kier molecular flexibility index (Phi) is 6.54. The van der Waals surface area contributed by atoms with Crippen molar-refractivity contribution in [1.29, 1.82) is 0 Å². The maximum absolute atomic E-state index is 13.2. The SMILES string of the molecule is FC(F)(F)c1ccc(COc2nc(/C=C/c3ccc(Cl)cc3)cc(C(F)(F)F)n2)cc1. The van der Waals surface area contributed by atoms with Gasteiger partial charge in [-0.1, -0.05) is 41.9 Å². The summed E-state index contributed by atoms with van der Waals surface area (Å²) in [6.07, 6.45) is -6.34. The Labute approximate surface area is 178 Å². The quantitative estimate of drug-likeness (QED) is 0.389. The van der Waals surface area contributed by atoms with Gasteiger partial charge in [-0.3, -0.25) is 0 Å². The Hall–Kier alpha value is -3.07. The third kappa shape index (κ3) is 6.45. The number of rotatable bonds is 5. The largest absolute Gasteiger partial charge is 0.459 e. The van der Waals surface area contributed by atoms with Gasteiger partial charge in [-0.15, -0.1) is 0 Å². The Bertz CT molecular complexity index is 1060. The van der Waals surface area contributed by atoms with Crippen LogP contribution >= 0.6 is 11.6 Å². The van der Waals surface area contributed by atoms with Crippen molar-refractivity contribution in [3.05, 3.63) is 87.7 Å². The van der Waals surface area contributed by atoms with E-state index in [4.69, 9.17) is 16.3 Å². The maximum atomic E-state index is 13.2. The van der Waals surface area contributed by atoms with E-state index >= 15 is 0 Å². The van der Waals surface area contributed by atoms with Gasteiger partial charge < -0.3 is 4.74 Å². The van der Waals surface area contributed by atoms with Crippen molar-refractivity contribution in [2.45, 2.75) is 19.0 Å². The van der Waals surface area contributed by atoms with Crippen molar-refractivity contribution in [3.63, 3.8) is 0 Å². The van der Waals surface area contributed by atoms with Gasteiger partial charge in [0, 0.05) is 5.02 Å². The molecule has 1 heterocycles. The second kappa shape index (κ2) is 8.97. The van der Waals surface area contributed by atoms with Crippen molar-refractivity contribution >= 4 is 23.8 Å². The van der Waals surface area contributed by atoms with Crippen molar-refractivity contribution < 1.29 is 31.1 Å². The van der Waals surface area contributed by atoms with Crippen LogP contribution in [-0.2, 0) is 19.0 Å². The number of nitrogens with zero attached hydrogens (tertiary/aromatic N) is 2. The van der Waals surface area contributed by atoms with E-state index in [1.807, 2.05) is 0 Å². The number of alkyl halides is 6. The molecule has 0 saturated heterocycles. The first-order chi connectivity index (χ1) is 14.5. The lowest BCUT2D eigenvalue weighted by Gasteiger charge is -2.11. The molecule has 0 spiro atoms. The number of ether oxygens (including phenoxy) is 1. The zero-order chi connectivity index (χ0) is 22.6. The van der Waals surface area contributed by atoms with Crippen molar-refractivity contribution in [3.8, 4) is 6.01 Å². The Morgan fingerprint density at radius 2 is 1.45 bits per heavy atom. The standard InChI is InChI=1S/C21H13ClF6N2O/c22-16-8-3-13(4-9-16)5-10-17-11-18(21(26,27)28)30-19(29-17)31-12-14-1-6-15(7-2-14)20(23,24)25/h1-11H,12H2/b10-5+. The summed E-state index contributed by atoms with van der Waals surface area (Å²) in [7, 11) is 0. The van der Waals surface area contributed by atoms with E-state index in [2.05, 4.69) is 9.97 Å². The zero-order valence-corrected chi connectivity index (χ0v) is 16.3. The van der Waals surface area contributed by atoms with Gasteiger partial charge in [0.05, 0.1) is 11.3 Å². The molecule has 162 valence electrons. The van der Waals surface area contributed by atoms with Crippen LogP contribution in [-0.4, -0.2) is 9.97 Å². The third-order valence-corrected chi connectivity index (χ3v) is 4.23. The lowest BCUT2D eigenvalue weighted by atomic mass is 10.1. The van der Waals surface area contributed by atoms with Crippen LogP contribution in [0.1, 0.15) is 28.1 Å². The van der Waals surface area contributed by atoms with Gasteiger partial charge >= 0.3 is 18.4 Å². The van der Waals surface area contributed by atoms with Crippen LogP contribution in [0.5, 0.6) is 6.01 Å². The van der Waals surface area contributed by atoms with Gasteiger partial charge in [0.25, 0.3) is 0 Å². The molecule has 0 aliphatic rings. The average Bonchev–Trinajstić information content (AvgIpc) is 2.71. The van der Waals surface area contributed by atoms with Gasteiger partial charge in [-0.25, -0.2) is 0 Å². The number of hydrogen-bond donors (Lipinski definition) is 0. The normalized spacial score (nSPS) is 12.4. The first kappa shape index (κ1) is 22.6. The van der Waals surface area contributed by atoms with E-state index in [9.17, 15) is 26.3 Å². The number of benzene rings is 2. The van der Waals surface area contributed by atoms with Crippen LogP contribution in [0.25, 0.3) is 12.2 Å². The van der Waals surface area contributed by atoms with Crippen molar-refractivity contribution in [1.82, 2.24) is 9.97 Å². The van der Waals surface area contributed by atoms with Crippen LogP contribution in [0.15, 0.2) is 54.6 Å². The Morgan fingerprint density at radius 3 is 2.03 bits per heavy atom. The molecule has 0 fully saturated rings. The molecule has 1 aromatic heterocycles. The molecule has 3 nitrogen and oxygen atoms in total. The van der Waals surface area contributed by atoms with E-state index in [1.165, 1.54) is 6.08 Å². The molecular weight excluding hydrogens is 446 g/mol. The second-order valence-corrected chi connectivity index (χ2v) is 6.76. The molecule has 0 unspecified atom stereocenters. The molecule has 0 N–H and O–H groups in total. The molecular formula is C21H13ClF6N2O. The van der Waals surface area contributed by atoms with Crippen LogP contribution in [0.2, 0.25) is 5.02 Å². The highest BCUT2D eigenvalue weighted by Crippen LogP contribution is 2.30. The monoisotopic (exact) mass is 458 g/mol. The molecule has 0 atom stereocenters. The van der Waals surface area contributed by atoms with E-state index < -0.39 is 29.6 Å². The summed E-state index contributed by atoms with van der Waals surface area (Å²) in [5, 5.41) is 0.512. The first-order valence-electron chi connectivity index (χ1n) is 8.69. The molecule has 3 aromatic rings. The molecule has 31 heavy (non-hydrogen) atoms. The molecule has 2 aromatic carbocycles. The predicted octanol–water partition coefficient (Wildman–Crippen LogP) is 6.92. The molecule has 0 saturated carbocycles. The van der Waals surface area contributed by atoms with Crippen molar-refractivity contribution in [2.24, 2.45) is 0 Å². The van der Waals surface area contributed by atoms with E-state index in [0.717, 1.165) is 30.3 Å². The summed E-state index contributed by atoms with van der Waals surface area (Å²) in [5.74, 6) is 0. The zero-order valence-electron chi connectivity index (χ0n) is 15.5. The minimum Gasteiger partial charge on any atom is -0.459 e. The smallest absolute Gasteiger partial charge is 0.433 e. The molecule has 0 bridgehead atoms. The maximum Gasteiger partial charge on any atom is 0.433 e. The Balaban J connectivity index is 1.80. The highest BCUT2D eigenvalue weighted by Gasteiger charge is 2.34. The van der Waals surface area contributed by atoms with Gasteiger partial charge in [-0.05, 0) is 47.5 Å². The lowest BCUT2D eigenvalue weighted by molar-refractivity contribution is -0.141. The molecule has 0 aliphatic heterocycles. The summed E-state index contributed by atoms with van der Waals surface area (Å²) < 4.78 is 82.6. The predicted molar refractivity (Wildman–Crippen MR) is 103 cm³/mol. The summed E-state index contributed by atoms with van der Waals surface area (Å²) in [5.41, 5.74) is -1.11. The fourth-order valence-corrected chi connectivity index (χ4v) is 2.56. The minimum absolute atomic E-state index is 0.0558. The van der Waals surface area contributed by atoms with E-state index in [-0.39, 0.29) is 12.3 Å². The van der Waals surface area contributed by atoms with E-state index in [1.54, 1.807) is 30.3 Å². The number of hydrogen-bond acceptors (Lipinski definition) is 3. The number of halogens is 7. The minimum atomic E-state index is -4.74. The molecule has 0 amide bonds. The second-order valence-electron chi connectivity index (χ2n) is 6.33. The fourth-order valence-electron chi connectivity index (χ4n) is 2.43. The van der Waals surface area contributed by atoms with Gasteiger partial charge in [0.15, 0.2) is 5.69 Å². The summed E-state index contributed by atoms with van der Waals surface area (Å²) in [4.78, 5) is 7.28. The summed E-state index contributed by atoms with van der Waals surface area (Å²) >= 11 is 5.79. The summed E-state index contributed by atoms with van der Waals surface area (Å²) in [6, 6.07) is 10.8. The molecule has 10 heteroatoms. The average molecular weight is 459 g/mol.